The lowest BCUT2D eigenvalue weighted by molar-refractivity contribution is -0.0218. The zero-order valence-electron chi connectivity index (χ0n) is 8.60. The molecule has 0 saturated carbocycles. The van der Waals surface area contributed by atoms with E-state index in [1.54, 1.807) is 12.3 Å². The van der Waals surface area contributed by atoms with Crippen LogP contribution < -0.4 is 0 Å². The molecule has 0 amide bonds. The Morgan fingerprint density at radius 1 is 1.25 bits per heavy atom. The molecule has 1 aromatic rings. The molecule has 4 atom stereocenters. The minimum absolute atomic E-state index is 0.307. The fourth-order valence-corrected chi connectivity index (χ4v) is 1.79. The maximum Gasteiger partial charge on any atom is 0.115 e. The second-order valence-electron chi connectivity index (χ2n) is 3.78. The molecule has 6 heteroatoms. The van der Waals surface area contributed by atoms with Crippen LogP contribution in [0, 0.1) is 0 Å². The summed E-state index contributed by atoms with van der Waals surface area (Å²) in [6, 6.07) is 1.72. The lowest BCUT2D eigenvalue weighted by atomic mass is 10.0. The van der Waals surface area contributed by atoms with E-state index in [4.69, 9.17) is 9.84 Å². The number of aliphatic hydroxyl groups is 3. The molecular weight excluding hydrogens is 212 g/mol. The van der Waals surface area contributed by atoms with E-state index < -0.39 is 24.4 Å². The molecule has 0 radical (unpaired) electrons. The van der Waals surface area contributed by atoms with Crippen LogP contribution in [0.5, 0.6) is 0 Å². The predicted molar refractivity (Wildman–Crippen MR) is 53.5 cm³/mol. The minimum Gasteiger partial charge on any atom is -0.394 e. The van der Waals surface area contributed by atoms with Gasteiger partial charge in [0.2, 0.25) is 0 Å². The molecule has 2 heterocycles. The van der Waals surface area contributed by atoms with Gasteiger partial charge >= 0.3 is 0 Å². The number of rotatable bonds is 3. The third-order valence-corrected chi connectivity index (χ3v) is 2.69. The summed E-state index contributed by atoms with van der Waals surface area (Å²) in [6.07, 6.45) is 0.102. The smallest absolute Gasteiger partial charge is 0.115 e. The van der Waals surface area contributed by atoms with Gasteiger partial charge in [-0.2, -0.15) is 0 Å². The number of nitrogens with zero attached hydrogens (tertiary/aromatic N) is 2. The van der Waals surface area contributed by atoms with Crippen LogP contribution in [-0.4, -0.2) is 56.3 Å². The Morgan fingerprint density at radius 2 is 2.00 bits per heavy atom. The summed E-state index contributed by atoms with van der Waals surface area (Å²) < 4.78 is 5.33. The third-order valence-electron chi connectivity index (χ3n) is 2.69. The first-order valence-electron chi connectivity index (χ1n) is 5.09. The van der Waals surface area contributed by atoms with Crippen molar-refractivity contribution in [3.8, 4) is 0 Å². The van der Waals surface area contributed by atoms with Crippen LogP contribution >= 0.6 is 0 Å². The van der Waals surface area contributed by atoms with Gasteiger partial charge in [0.1, 0.15) is 24.6 Å². The first kappa shape index (κ1) is 11.4. The van der Waals surface area contributed by atoms with Crippen molar-refractivity contribution in [3.05, 3.63) is 24.3 Å². The number of aliphatic hydroxyl groups excluding tert-OH is 3. The van der Waals surface area contributed by atoms with Crippen molar-refractivity contribution < 1.29 is 20.1 Å². The van der Waals surface area contributed by atoms with E-state index in [9.17, 15) is 10.2 Å². The third kappa shape index (κ3) is 2.19. The Bertz CT molecular complexity index is 335. The molecule has 0 spiro atoms. The van der Waals surface area contributed by atoms with Crippen LogP contribution in [0.25, 0.3) is 0 Å². The number of hydrogen-bond acceptors (Lipinski definition) is 6. The van der Waals surface area contributed by atoms with Crippen LogP contribution in [0.1, 0.15) is 5.69 Å². The number of hydrogen-bond donors (Lipinski definition) is 3. The second kappa shape index (κ2) is 4.84. The Labute approximate surface area is 92.6 Å². The summed E-state index contributed by atoms with van der Waals surface area (Å²) in [5.74, 6) is 0. The van der Waals surface area contributed by atoms with Crippen molar-refractivity contribution in [2.75, 3.05) is 6.61 Å². The van der Waals surface area contributed by atoms with Gasteiger partial charge in [-0.25, -0.2) is 9.97 Å². The van der Waals surface area contributed by atoms with E-state index in [0.717, 1.165) is 5.69 Å². The van der Waals surface area contributed by atoms with Crippen molar-refractivity contribution in [2.24, 2.45) is 0 Å². The van der Waals surface area contributed by atoms with Crippen molar-refractivity contribution in [1.82, 2.24) is 9.97 Å². The van der Waals surface area contributed by atoms with Gasteiger partial charge in [0.05, 0.1) is 12.7 Å². The van der Waals surface area contributed by atoms with Gasteiger partial charge in [0.15, 0.2) is 0 Å². The zero-order valence-corrected chi connectivity index (χ0v) is 8.60. The monoisotopic (exact) mass is 226 g/mol. The molecule has 6 nitrogen and oxygen atoms in total. The Kier molecular flexibility index (Phi) is 3.45. The Morgan fingerprint density at radius 3 is 2.56 bits per heavy atom. The van der Waals surface area contributed by atoms with E-state index in [2.05, 4.69) is 9.97 Å². The van der Waals surface area contributed by atoms with Crippen molar-refractivity contribution >= 4 is 0 Å². The summed E-state index contributed by atoms with van der Waals surface area (Å²) in [5.41, 5.74) is 0.727. The number of ether oxygens (including phenoxy) is 1. The van der Waals surface area contributed by atoms with Gasteiger partial charge in [-0.3, -0.25) is 0 Å². The fraction of sp³-hybridized carbons (Fsp3) is 0.600. The second-order valence-corrected chi connectivity index (χ2v) is 3.78. The lowest BCUT2D eigenvalue weighted by Crippen LogP contribution is -2.34. The van der Waals surface area contributed by atoms with Crippen molar-refractivity contribution in [1.29, 1.82) is 0 Å². The van der Waals surface area contributed by atoms with E-state index >= 15 is 0 Å². The molecule has 1 aliphatic rings. The quantitative estimate of drug-likeness (QED) is 0.580. The van der Waals surface area contributed by atoms with Gasteiger partial charge in [-0.05, 0) is 6.07 Å². The molecule has 0 unspecified atom stereocenters. The summed E-state index contributed by atoms with van der Waals surface area (Å²) in [7, 11) is 0. The van der Waals surface area contributed by atoms with E-state index in [1.165, 1.54) is 6.33 Å². The minimum atomic E-state index is -1.04. The molecule has 88 valence electrons. The molecule has 16 heavy (non-hydrogen) atoms. The highest BCUT2D eigenvalue weighted by Gasteiger charge is 2.42. The molecule has 2 rings (SSSR count). The lowest BCUT2D eigenvalue weighted by Gasteiger charge is -2.13. The van der Waals surface area contributed by atoms with Crippen LogP contribution in [-0.2, 0) is 11.2 Å². The van der Waals surface area contributed by atoms with Crippen LogP contribution in [0.2, 0.25) is 0 Å². The molecule has 1 aromatic heterocycles. The topological polar surface area (TPSA) is 95.7 Å². The van der Waals surface area contributed by atoms with E-state index in [-0.39, 0.29) is 6.61 Å². The van der Waals surface area contributed by atoms with E-state index in [1.807, 2.05) is 0 Å². The van der Waals surface area contributed by atoms with Crippen LogP contribution in [0.3, 0.4) is 0 Å². The maximum absolute atomic E-state index is 9.69. The van der Waals surface area contributed by atoms with Gasteiger partial charge in [-0.15, -0.1) is 0 Å². The molecule has 0 aliphatic carbocycles. The van der Waals surface area contributed by atoms with Crippen LogP contribution in [0.15, 0.2) is 18.6 Å². The Balaban J connectivity index is 2.01. The largest absolute Gasteiger partial charge is 0.394 e. The Hall–Kier alpha value is -1.08. The molecule has 1 fully saturated rings. The molecule has 3 N–H and O–H groups in total. The molecular formula is C10H14N2O4. The standard InChI is InChI=1S/C10H14N2O4/c13-4-8-10(15)9(14)7(16-8)3-6-1-2-11-5-12-6/h1-2,5,7-10,13-15H,3-4H2/t7-,8+,9-,10+/m0/s1. The summed E-state index contributed by atoms with van der Waals surface area (Å²) >= 11 is 0. The summed E-state index contributed by atoms with van der Waals surface area (Å²) in [4.78, 5) is 7.79. The average molecular weight is 226 g/mol. The van der Waals surface area contributed by atoms with Gasteiger partial charge < -0.3 is 20.1 Å². The molecule has 1 saturated heterocycles. The summed E-state index contributed by atoms with van der Waals surface area (Å²) in [5, 5.41) is 28.1. The molecule has 0 bridgehead atoms. The highest BCUT2D eigenvalue weighted by molar-refractivity contribution is 5.03. The van der Waals surface area contributed by atoms with Crippen molar-refractivity contribution in [3.63, 3.8) is 0 Å². The SMILES string of the molecule is OC[C@H]1O[C@@H](Cc2ccncn2)[C@H](O)[C@@H]1O. The highest BCUT2D eigenvalue weighted by Crippen LogP contribution is 2.23. The highest BCUT2D eigenvalue weighted by atomic mass is 16.6. The fourth-order valence-electron chi connectivity index (χ4n) is 1.79. The first-order chi connectivity index (χ1) is 7.72. The molecule has 1 aliphatic heterocycles. The summed E-state index contributed by atoms with van der Waals surface area (Å²) in [6.45, 7) is -0.307. The van der Waals surface area contributed by atoms with Gasteiger partial charge in [0.25, 0.3) is 0 Å². The first-order valence-corrected chi connectivity index (χ1v) is 5.09. The predicted octanol–water partition coefficient (Wildman–Crippen LogP) is -1.50. The van der Waals surface area contributed by atoms with Gasteiger partial charge in [-0.1, -0.05) is 0 Å². The normalized spacial score (nSPS) is 34.2. The molecule has 0 aromatic carbocycles. The van der Waals surface area contributed by atoms with Crippen LogP contribution in [0.4, 0.5) is 0 Å². The zero-order chi connectivity index (χ0) is 11.5. The van der Waals surface area contributed by atoms with Gasteiger partial charge in [0, 0.05) is 18.3 Å². The maximum atomic E-state index is 9.69. The van der Waals surface area contributed by atoms with E-state index in [0.29, 0.717) is 6.42 Å². The van der Waals surface area contributed by atoms with Crippen molar-refractivity contribution in [2.45, 2.75) is 30.8 Å². The average Bonchev–Trinajstić information content (AvgIpc) is 2.58. The number of aromatic nitrogens is 2.